The number of rotatable bonds is 3. The molecule has 2 saturated heterocycles. The van der Waals surface area contributed by atoms with Crippen LogP contribution >= 0.6 is 0 Å². The average Bonchev–Trinajstić information content (AvgIpc) is 2.84. The van der Waals surface area contributed by atoms with Crippen molar-refractivity contribution in [2.24, 2.45) is 11.3 Å². The summed E-state index contributed by atoms with van der Waals surface area (Å²) in [7, 11) is 2.04. The molecule has 2 aliphatic heterocycles. The van der Waals surface area contributed by atoms with Crippen molar-refractivity contribution in [3.8, 4) is 0 Å². The Morgan fingerprint density at radius 2 is 1.89 bits per heavy atom. The van der Waals surface area contributed by atoms with Crippen LogP contribution in [0.4, 0.5) is 0 Å². The fourth-order valence-corrected chi connectivity index (χ4v) is 3.27. The zero-order chi connectivity index (χ0) is 14.0. The lowest BCUT2D eigenvalue weighted by atomic mass is 9.76. The molecule has 19 heavy (non-hydrogen) atoms. The normalized spacial score (nSPS) is 27.5. The van der Waals surface area contributed by atoms with Gasteiger partial charge in [-0.05, 0) is 39.3 Å². The minimum Gasteiger partial charge on any atom is -0.481 e. The van der Waals surface area contributed by atoms with Crippen LogP contribution in [-0.4, -0.2) is 60.0 Å². The number of nitrogens with zero attached hydrogens (tertiary/aromatic N) is 2. The van der Waals surface area contributed by atoms with Crippen LogP contribution in [0.2, 0.25) is 0 Å². The molecule has 1 unspecified atom stereocenters. The molecular formula is C14H24N2O3. The zero-order valence-electron chi connectivity index (χ0n) is 11.9. The molecule has 2 fully saturated rings. The second kappa shape index (κ2) is 5.49. The standard InChI is InChI=1S/C14H24N2O3/c1-3-14(13(18)19)5-8-16(9-6-14)12(17)11-4-7-15(2)10-11/h11H,3-10H2,1-2H3,(H,18,19). The number of carboxylic acid groups (broad SMARTS) is 1. The van der Waals surface area contributed by atoms with Crippen LogP contribution in [-0.2, 0) is 9.59 Å². The van der Waals surface area contributed by atoms with Crippen molar-refractivity contribution in [3.05, 3.63) is 0 Å². The van der Waals surface area contributed by atoms with Crippen LogP contribution in [0.25, 0.3) is 0 Å². The molecule has 2 heterocycles. The van der Waals surface area contributed by atoms with Crippen molar-refractivity contribution in [2.75, 3.05) is 33.2 Å². The summed E-state index contributed by atoms with van der Waals surface area (Å²) in [5.41, 5.74) is -0.608. The summed E-state index contributed by atoms with van der Waals surface area (Å²) in [6, 6.07) is 0. The fourth-order valence-electron chi connectivity index (χ4n) is 3.27. The van der Waals surface area contributed by atoms with Gasteiger partial charge in [-0.15, -0.1) is 0 Å². The van der Waals surface area contributed by atoms with Crippen LogP contribution in [0, 0.1) is 11.3 Å². The highest BCUT2D eigenvalue weighted by molar-refractivity contribution is 5.80. The second-order valence-corrected chi connectivity index (χ2v) is 6.01. The Kier molecular flexibility index (Phi) is 4.13. The number of carbonyl (C=O) groups excluding carboxylic acids is 1. The highest BCUT2D eigenvalue weighted by Crippen LogP contribution is 2.35. The maximum Gasteiger partial charge on any atom is 0.309 e. The van der Waals surface area contributed by atoms with Gasteiger partial charge in [-0.25, -0.2) is 0 Å². The number of amides is 1. The topological polar surface area (TPSA) is 60.9 Å². The summed E-state index contributed by atoms with van der Waals surface area (Å²) in [4.78, 5) is 27.8. The maximum atomic E-state index is 12.4. The number of aliphatic carboxylic acids is 1. The van der Waals surface area contributed by atoms with Crippen LogP contribution in [0.5, 0.6) is 0 Å². The van der Waals surface area contributed by atoms with Gasteiger partial charge in [-0.2, -0.15) is 0 Å². The van der Waals surface area contributed by atoms with Gasteiger partial charge < -0.3 is 14.9 Å². The SMILES string of the molecule is CCC1(C(=O)O)CCN(C(=O)C2CCN(C)C2)CC1. The van der Waals surface area contributed by atoms with Crippen molar-refractivity contribution in [1.82, 2.24) is 9.80 Å². The van der Waals surface area contributed by atoms with E-state index in [9.17, 15) is 14.7 Å². The number of hydrogen-bond acceptors (Lipinski definition) is 3. The maximum absolute atomic E-state index is 12.4. The molecule has 1 amide bonds. The first kappa shape index (κ1) is 14.3. The summed E-state index contributed by atoms with van der Waals surface area (Å²) >= 11 is 0. The third-order valence-corrected chi connectivity index (χ3v) is 4.90. The first-order chi connectivity index (χ1) is 8.98. The molecule has 0 aliphatic carbocycles. The molecule has 1 atom stereocenters. The summed E-state index contributed by atoms with van der Waals surface area (Å²) in [5.74, 6) is -0.369. The summed E-state index contributed by atoms with van der Waals surface area (Å²) in [6.07, 6.45) is 2.76. The molecule has 0 aromatic rings. The van der Waals surface area contributed by atoms with Gasteiger partial charge in [0.25, 0.3) is 0 Å². The van der Waals surface area contributed by atoms with Crippen molar-refractivity contribution < 1.29 is 14.7 Å². The van der Waals surface area contributed by atoms with Gasteiger partial charge in [0.15, 0.2) is 0 Å². The van der Waals surface area contributed by atoms with Crippen molar-refractivity contribution in [3.63, 3.8) is 0 Å². The van der Waals surface area contributed by atoms with Gasteiger partial charge in [0.05, 0.1) is 11.3 Å². The molecule has 0 radical (unpaired) electrons. The smallest absolute Gasteiger partial charge is 0.309 e. The Balaban J connectivity index is 1.92. The minimum atomic E-state index is -0.706. The van der Waals surface area contributed by atoms with Gasteiger partial charge in [0.2, 0.25) is 5.91 Å². The van der Waals surface area contributed by atoms with Gasteiger partial charge in [0, 0.05) is 19.6 Å². The van der Waals surface area contributed by atoms with Crippen molar-refractivity contribution in [1.29, 1.82) is 0 Å². The average molecular weight is 268 g/mol. The van der Waals surface area contributed by atoms with Crippen LogP contribution in [0.15, 0.2) is 0 Å². The molecule has 0 aromatic carbocycles. The molecule has 5 heteroatoms. The monoisotopic (exact) mass is 268 g/mol. The van der Waals surface area contributed by atoms with E-state index < -0.39 is 11.4 Å². The van der Waals surface area contributed by atoms with Crippen LogP contribution in [0.1, 0.15) is 32.6 Å². The van der Waals surface area contributed by atoms with Crippen LogP contribution in [0.3, 0.4) is 0 Å². The fraction of sp³-hybridized carbons (Fsp3) is 0.857. The number of piperidine rings is 1. The Hall–Kier alpha value is -1.10. The molecule has 108 valence electrons. The molecule has 2 aliphatic rings. The Bertz CT molecular complexity index is 362. The number of carbonyl (C=O) groups is 2. The van der Waals surface area contributed by atoms with E-state index in [2.05, 4.69) is 4.90 Å². The van der Waals surface area contributed by atoms with E-state index in [-0.39, 0.29) is 11.8 Å². The van der Waals surface area contributed by atoms with Crippen molar-refractivity contribution >= 4 is 11.9 Å². The van der Waals surface area contributed by atoms with E-state index in [1.54, 1.807) is 0 Å². The lowest BCUT2D eigenvalue weighted by molar-refractivity contribution is -0.155. The first-order valence-electron chi connectivity index (χ1n) is 7.19. The highest BCUT2D eigenvalue weighted by atomic mass is 16.4. The molecule has 0 bridgehead atoms. The van der Waals surface area contributed by atoms with E-state index >= 15 is 0 Å². The lowest BCUT2D eigenvalue weighted by Crippen LogP contribution is -2.48. The zero-order valence-corrected chi connectivity index (χ0v) is 11.9. The van der Waals surface area contributed by atoms with E-state index in [0.29, 0.717) is 32.4 Å². The van der Waals surface area contributed by atoms with Crippen LogP contribution < -0.4 is 0 Å². The van der Waals surface area contributed by atoms with E-state index in [1.807, 2.05) is 18.9 Å². The third kappa shape index (κ3) is 2.76. The van der Waals surface area contributed by atoms with Crippen molar-refractivity contribution in [2.45, 2.75) is 32.6 Å². The van der Waals surface area contributed by atoms with E-state index in [0.717, 1.165) is 19.5 Å². The van der Waals surface area contributed by atoms with E-state index in [1.165, 1.54) is 0 Å². The highest BCUT2D eigenvalue weighted by Gasteiger charge is 2.42. The number of carboxylic acids is 1. The molecular weight excluding hydrogens is 244 g/mol. The van der Waals surface area contributed by atoms with Gasteiger partial charge >= 0.3 is 5.97 Å². The second-order valence-electron chi connectivity index (χ2n) is 6.01. The van der Waals surface area contributed by atoms with Gasteiger partial charge in [-0.1, -0.05) is 6.92 Å². The summed E-state index contributed by atoms with van der Waals surface area (Å²) < 4.78 is 0. The quantitative estimate of drug-likeness (QED) is 0.831. The number of hydrogen-bond donors (Lipinski definition) is 1. The predicted octanol–water partition coefficient (Wildman–Crippen LogP) is 1.04. The molecule has 0 aromatic heterocycles. The third-order valence-electron chi connectivity index (χ3n) is 4.90. The molecule has 5 nitrogen and oxygen atoms in total. The number of likely N-dealkylation sites (tertiary alicyclic amines) is 2. The summed E-state index contributed by atoms with van der Waals surface area (Å²) in [5, 5.41) is 9.35. The summed E-state index contributed by atoms with van der Waals surface area (Å²) in [6.45, 7) is 4.95. The van der Waals surface area contributed by atoms with E-state index in [4.69, 9.17) is 0 Å². The Morgan fingerprint density at radius 1 is 1.26 bits per heavy atom. The molecule has 2 rings (SSSR count). The molecule has 0 spiro atoms. The van der Waals surface area contributed by atoms with Gasteiger partial charge in [0.1, 0.15) is 0 Å². The lowest BCUT2D eigenvalue weighted by Gasteiger charge is -2.39. The largest absolute Gasteiger partial charge is 0.481 e. The Labute approximate surface area is 114 Å². The van der Waals surface area contributed by atoms with Gasteiger partial charge in [-0.3, -0.25) is 9.59 Å². The predicted molar refractivity (Wildman–Crippen MR) is 71.8 cm³/mol. The Morgan fingerprint density at radius 3 is 2.32 bits per heavy atom. The molecule has 0 saturated carbocycles. The minimum absolute atomic E-state index is 0.115. The first-order valence-corrected chi connectivity index (χ1v) is 7.19. The molecule has 1 N–H and O–H groups in total.